The zero-order valence-electron chi connectivity index (χ0n) is 12.1. The van der Waals surface area contributed by atoms with Crippen molar-refractivity contribution in [3.8, 4) is 0 Å². The van der Waals surface area contributed by atoms with Gasteiger partial charge in [0.2, 0.25) is 0 Å². The van der Waals surface area contributed by atoms with Gasteiger partial charge in [-0.2, -0.15) is 0 Å². The molecule has 4 heteroatoms. The van der Waals surface area contributed by atoms with Gasteiger partial charge in [0.1, 0.15) is 0 Å². The number of hydrogen-bond donors (Lipinski definition) is 2. The lowest BCUT2D eigenvalue weighted by atomic mass is 10.1. The maximum absolute atomic E-state index is 12.4. The summed E-state index contributed by atoms with van der Waals surface area (Å²) in [5, 5.41) is 3.91. The van der Waals surface area contributed by atoms with Crippen molar-refractivity contribution in [3.05, 3.63) is 65.1 Å². The summed E-state index contributed by atoms with van der Waals surface area (Å²) in [6.07, 6.45) is 3.48. The van der Waals surface area contributed by atoms with E-state index in [1.807, 2.05) is 38.1 Å². The second-order valence-electron chi connectivity index (χ2n) is 5.22. The summed E-state index contributed by atoms with van der Waals surface area (Å²) < 4.78 is 0. The summed E-state index contributed by atoms with van der Waals surface area (Å²) in [5.41, 5.74) is 4.76. The molecule has 21 heavy (non-hydrogen) atoms. The molecule has 0 aliphatic carbocycles. The van der Waals surface area contributed by atoms with Crippen molar-refractivity contribution >= 4 is 16.8 Å². The Bertz CT molecular complexity index is 790. The van der Waals surface area contributed by atoms with Gasteiger partial charge in [0, 0.05) is 35.5 Å². The van der Waals surface area contributed by atoms with Gasteiger partial charge in [0.05, 0.1) is 5.56 Å². The first-order valence-electron chi connectivity index (χ1n) is 6.91. The average molecular weight is 279 g/mol. The lowest BCUT2D eigenvalue weighted by Gasteiger charge is -2.05. The van der Waals surface area contributed by atoms with Crippen LogP contribution >= 0.6 is 0 Å². The first kappa shape index (κ1) is 13.4. The first-order valence-corrected chi connectivity index (χ1v) is 6.91. The van der Waals surface area contributed by atoms with Crippen LogP contribution in [0.15, 0.2) is 42.7 Å². The fourth-order valence-electron chi connectivity index (χ4n) is 2.51. The summed E-state index contributed by atoms with van der Waals surface area (Å²) in [4.78, 5) is 19.8. The third kappa shape index (κ3) is 2.65. The zero-order valence-corrected chi connectivity index (χ0v) is 12.1. The summed E-state index contributed by atoms with van der Waals surface area (Å²) in [6, 6.07) is 9.88. The van der Waals surface area contributed by atoms with Crippen molar-refractivity contribution < 1.29 is 4.79 Å². The van der Waals surface area contributed by atoms with E-state index in [1.54, 1.807) is 12.4 Å². The minimum atomic E-state index is -0.0635. The Morgan fingerprint density at radius 3 is 2.90 bits per heavy atom. The molecule has 2 aromatic heterocycles. The molecule has 3 rings (SSSR count). The van der Waals surface area contributed by atoms with E-state index < -0.39 is 0 Å². The summed E-state index contributed by atoms with van der Waals surface area (Å²) in [5.74, 6) is -0.0635. The Balaban J connectivity index is 1.86. The van der Waals surface area contributed by atoms with E-state index in [9.17, 15) is 4.79 Å². The summed E-state index contributed by atoms with van der Waals surface area (Å²) >= 11 is 0. The van der Waals surface area contributed by atoms with Gasteiger partial charge >= 0.3 is 0 Å². The smallest absolute Gasteiger partial charge is 0.253 e. The second-order valence-corrected chi connectivity index (χ2v) is 5.22. The molecular weight excluding hydrogens is 262 g/mol. The van der Waals surface area contributed by atoms with Crippen LogP contribution in [0, 0.1) is 13.8 Å². The molecule has 0 unspecified atom stereocenters. The lowest BCUT2D eigenvalue weighted by Crippen LogP contribution is -2.23. The molecule has 3 aromatic rings. The van der Waals surface area contributed by atoms with Gasteiger partial charge in [0.15, 0.2) is 0 Å². The highest BCUT2D eigenvalue weighted by molar-refractivity contribution is 6.08. The Labute approximate surface area is 123 Å². The molecule has 1 aromatic carbocycles. The maximum Gasteiger partial charge on any atom is 0.253 e. The molecule has 0 radical (unpaired) electrons. The molecule has 0 atom stereocenters. The number of aromatic amines is 1. The number of rotatable bonds is 3. The van der Waals surface area contributed by atoms with Crippen LogP contribution in [-0.2, 0) is 6.54 Å². The third-order valence-corrected chi connectivity index (χ3v) is 3.54. The number of hydrogen-bond acceptors (Lipinski definition) is 2. The fourth-order valence-corrected chi connectivity index (χ4v) is 2.51. The number of nitrogens with one attached hydrogen (secondary N) is 2. The van der Waals surface area contributed by atoms with E-state index in [-0.39, 0.29) is 5.91 Å². The van der Waals surface area contributed by atoms with Crippen molar-refractivity contribution in [2.75, 3.05) is 0 Å². The quantitative estimate of drug-likeness (QED) is 0.774. The van der Waals surface area contributed by atoms with Crippen LogP contribution in [0.25, 0.3) is 10.9 Å². The largest absolute Gasteiger partial charge is 0.358 e. The molecule has 4 nitrogen and oxygen atoms in total. The molecule has 0 aliphatic rings. The van der Waals surface area contributed by atoms with E-state index >= 15 is 0 Å². The molecule has 2 heterocycles. The first-order chi connectivity index (χ1) is 10.1. The highest BCUT2D eigenvalue weighted by Crippen LogP contribution is 2.23. The third-order valence-electron chi connectivity index (χ3n) is 3.54. The Morgan fingerprint density at radius 2 is 2.14 bits per heavy atom. The highest BCUT2D eigenvalue weighted by Gasteiger charge is 2.15. The number of aryl methyl sites for hydroxylation is 2. The van der Waals surface area contributed by atoms with Gasteiger partial charge in [-0.15, -0.1) is 0 Å². The van der Waals surface area contributed by atoms with Crippen molar-refractivity contribution in [2.45, 2.75) is 20.4 Å². The molecule has 106 valence electrons. The van der Waals surface area contributed by atoms with E-state index in [1.165, 1.54) is 5.56 Å². The highest BCUT2D eigenvalue weighted by atomic mass is 16.1. The van der Waals surface area contributed by atoms with Crippen LogP contribution in [0.2, 0.25) is 0 Å². The fraction of sp³-hybridized carbons (Fsp3) is 0.176. The Morgan fingerprint density at radius 1 is 1.29 bits per heavy atom. The monoisotopic (exact) mass is 279 g/mol. The predicted molar refractivity (Wildman–Crippen MR) is 83.2 cm³/mol. The molecule has 0 spiro atoms. The Kier molecular flexibility index (Phi) is 3.44. The number of carbonyl (C=O) groups excluding carboxylic acids is 1. The van der Waals surface area contributed by atoms with Crippen LogP contribution in [-0.4, -0.2) is 15.9 Å². The zero-order chi connectivity index (χ0) is 14.8. The normalized spacial score (nSPS) is 10.8. The molecule has 0 saturated heterocycles. The number of pyridine rings is 1. The minimum Gasteiger partial charge on any atom is -0.358 e. The molecular formula is C17H17N3O. The molecule has 1 amide bonds. The minimum absolute atomic E-state index is 0.0635. The van der Waals surface area contributed by atoms with E-state index in [0.717, 1.165) is 22.2 Å². The standard InChI is InChI=1S/C17H17N3O/c1-11-5-6-14-15(8-11)20-12(2)16(14)17(21)19-10-13-4-3-7-18-9-13/h3-9,20H,10H2,1-2H3,(H,19,21). The van der Waals surface area contributed by atoms with E-state index in [4.69, 9.17) is 0 Å². The van der Waals surface area contributed by atoms with Crippen molar-refractivity contribution in [1.82, 2.24) is 15.3 Å². The lowest BCUT2D eigenvalue weighted by molar-refractivity contribution is 0.0952. The van der Waals surface area contributed by atoms with Crippen LogP contribution in [0.3, 0.4) is 0 Å². The van der Waals surface area contributed by atoms with Crippen LogP contribution in [0.5, 0.6) is 0 Å². The summed E-state index contributed by atoms with van der Waals surface area (Å²) in [7, 11) is 0. The number of fused-ring (bicyclic) bond motifs is 1. The SMILES string of the molecule is Cc1ccc2c(C(=O)NCc3cccnc3)c(C)[nH]c2c1. The van der Waals surface area contributed by atoms with E-state index in [2.05, 4.69) is 21.4 Å². The maximum atomic E-state index is 12.4. The van der Waals surface area contributed by atoms with Gasteiger partial charge in [-0.3, -0.25) is 9.78 Å². The average Bonchev–Trinajstić information content (AvgIpc) is 2.81. The molecule has 0 aliphatic heterocycles. The summed E-state index contributed by atoms with van der Waals surface area (Å²) in [6.45, 7) is 4.44. The van der Waals surface area contributed by atoms with Gasteiger partial charge < -0.3 is 10.3 Å². The van der Waals surface area contributed by atoms with E-state index in [0.29, 0.717) is 12.1 Å². The molecule has 0 saturated carbocycles. The van der Waals surface area contributed by atoms with Crippen molar-refractivity contribution in [2.24, 2.45) is 0 Å². The number of aromatic nitrogens is 2. The van der Waals surface area contributed by atoms with Gasteiger partial charge in [-0.25, -0.2) is 0 Å². The number of carbonyl (C=O) groups is 1. The number of H-pyrrole nitrogens is 1. The van der Waals surface area contributed by atoms with Crippen molar-refractivity contribution in [1.29, 1.82) is 0 Å². The van der Waals surface area contributed by atoms with Gasteiger partial charge in [-0.05, 0) is 37.1 Å². The number of benzene rings is 1. The van der Waals surface area contributed by atoms with Crippen LogP contribution in [0.1, 0.15) is 27.2 Å². The topological polar surface area (TPSA) is 57.8 Å². The predicted octanol–water partition coefficient (Wildman–Crippen LogP) is 3.11. The second kappa shape index (κ2) is 5.40. The van der Waals surface area contributed by atoms with Gasteiger partial charge in [0.25, 0.3) is 5.91 Å². The number of nitrogens with zero attached hydrogens (tertiary/aromatic N) is 1. The van der Waals surface area contributed by atoms with Crippen LogP contribution in [0.4, 0.5) is 0 Å². The number of amides is 1. The molecule has 2 N–H and O–H groups in total. The molecule has 0 fully saturated rings. The van der Waals surface area contributed by atoms with Crippen LogP contribution < -0.4 is 5.32 Å². The van der Waals surface area contributed by atoms with Crippen molar-refractivity contribution in [3.63, 3.8) is 0 Å². The van der Waals surface area contributed by atoms with Gasteiger partial charge in [-0.1, -0.05) is 18.2 Å². The Hall–Kier alpha value is -2.62. The molecule has 0 bridgehead atoms.